The summed E-state index contributed by atoms with van der Waals surface area (Å²) in [5.41, 5.74) is 7.42. The van der Waals surface area contributed by atoms with Gasteiger partial charge in [0, 0.05) is 12.3 Å². The first kappa shape index (κ1) is 13.2. The van der Waals surface area contributed by atoms with E-state index in [1.54, 1.807) is 12.1 Å². The fourth-order valence-electron chi connectivity index (χ4n) is 1.61. The molecule has 0 amide bonds. The van der Waals surface area contributed by atoms with Gasteiger partial charge in [-0.1, -0.05) is 24.3 Å². The Balaban J connectivity index is 2.00. The summed E-state index contributed by atoms with van der Waals surface area (Å²) in [6.07, 6.45) is 4.59. The van der Waals surface area contributed by atoms with Crippen LogP contribution in [0.1, 0.15) is 12.0 Å². The number of benzene rings is 2. The number of anilines is 1. The Morgan fingerprint density at radius 2 is 1.53 bits per heavy atom. The predicted molar refractivity (Wildman–Crippen MR) is 78.1 cm³/mol. The Hall–Kier alpha value is -2.26. The van der Waals surface area contributed by atoms with Crippen molar-refractivity contribution in [2.75, 3.05) is 12.3 Å². The van der Waals surface area contributed by atoms with Gasteiger partial charge in [0.25, 0.3) is 0 Å². The summed E-state index contributed by atoms with van der Waals surface area (Å²) >= 11 is 0. The van der Waals surface area contributed by atoms with Gasteiger partial charge in [0.05, 0.1) is 0 Å². The van der Waals surface area contributed by atoms with Crippen LogP contribution < -0.4 is 10.5 Å². The lowest BCUT2D eigenvalue weighted by Gasteiger charge is -2.06. The van der Waals surface area contributed by atoms with Crippen LogP contribution in [0.5, 0.6) is 11.5 Å². The maximum atomic E-state index is 8.69. The number of nitrogens with two attached hydrogens (primary N) is 1. The van der Waals surface area contributed by atoms with Gasteiger partial charge in [-0.15, -0.1) is 0 Å². The van der Waals surface area contributed by atoms with Crippen LogP contribution >= 0.6 is 0 Å². The monoisotopic (exact) mass is 255 g/mol. The average Bonchev–Trinajstić information content (AvgIpc) is 2.44. The minimum Gasteiger partial charge on any atom is -0.457 e. The van der Waals surface area contributed by atoms with Gasteiger partial charge in [0.2, 0.25) is 0 Å². The predicted octanol–water partition coefficient (Wildman–Crippen LogP) is 3.46. The molecule has 0 aliphatic rings. The topological polar surface area (TPSA) is 55.5 Å². The first-order valence-electron chi connectivity index (χ1n) is 6.19. The summed E-state index contributed by atoms with van der Waals surface area (Å²) in [7, 11) is 0. The minimum absolute atomic E-state index is 0.175. The van der Waals surface area contributed by atoms with Crippen molar-refractivity contribution in [1.82, 2.24) is 0 Å². The molecule has 3 nitrogen and oxygen atoms in total. The zero-order valence-corrected chi connectivity index (χ0v) is 10.6. The standard InChI is InChI=1S/C16H17NO2/c17-14-6-10-16(11-7-14)19-15-8-4-13(5-9-15)3-1-2-12-18/h1,3-11,18H,2,12,17H2. The molecule has 0 aliphatic carbocycles. The highest BCUT2D eigenvalue weighted by atomic mass is 16.5. The van der Waals surface area contributed by atoms with Gasteiger partial charge in [0.1, 0.15) is 11.5 Å². The molecule has 0 fully saturated rings. The molecule has 2 rings (SSSR count). The largest absolute Gasteiger partial charge is 0.457 e. The molecular weight excluding hydrogens is 238 g/mol. The number of ether oxygens (including phenoxy) is 1. The second kappa shape index (κ2) is 6.61. The van der Waals surface area contributed by atoms with Crippen molar-refractivity contribution in [3.8, 4) is 11.5 Å². The number of hydrogen-bond acceptors (Lipinski definition) is 3. The second-order valence-corrected chi connectivity index (χ2v) is 4.15. The Morgan fingerprint density at radius 1 is 0.947 bits per heavy atom. The molecule has 0 bridgehead atoms. The van der Waals surface area contributed by atoms with Crippen LogP contribution in [0.4, 0.5) is 5.69 Å². The highest BCUT2D eigenvalue weighted by Crippen LogP contribution is 2.22. The molecule has 0 saturated heterocycles. The van der Waals surface area contributed by atoms with Crippen LogP contribution in [0.25, 0.3) is 6.08 Å². The summed E-state index contributed by atoms with van der Waals surface area (Å²) < 4.78 is 5.69. The van der Waals surface area contributed by atoms with E-state index in [1.807, 2.05) is 48.6 Å². The van der Waals surface area contributed by atoms with Crippen molar-refractivity contribution >= 4 is 11.8 Å². The van der Waals surface area contributed by atoms with E-state index in [0.29, 0.717) is 6.42 Å². The Kier molecular flexibility index (Phi) is 4.59. The maximum Gasteiger partial charge on any atom is 0.127 e. The van der Waals surface area contributed by atoms with Gasteiger partial charge in [-0.25, -0.2) is 0 Å². The van der Waals surface area contributed by atoms with Gasteiger partial charge in [0.15, 0.2) is 0 Å². The third-order valence-electron chi connectivity index (χ3n) is 2.60. The molecule has 3 N–H and O–H groups in total. The smallest absolute Gasteiger partial charge is 0.127 e. The molecule has 0 unspecified atom stereocenters. The molecule has 2 aromatic rings. The van der Waals surface area contributed by atoms with E-state index in [0.717, 1.165) is 22.7 Å². The molecule has 3 heteroatoms. The van der Waals surface area contributed by atoms with Gasteiger partial charge < -0.3 is 15.6 Å². The minimum atomic E-state index is 0.175. The number of aliphatic hydroxyl groups is 1. The third kappa shape index (κ3) is 4.16. The fraction of sp³-hybridized carbons (Fsp3) is 0.125. The summed E-state index contributed by atoms with van der Waals surface area (Å²) in [5.74, 6) is 1.54. The summed E-state index contributed by atoms with van der Waals surface area (Å²) in [4.78, 5) is 0. The fourth-order valence-corrected chi connectivity index (χ4v) is 1.61. The number of aliphatic hydroxyl groups excluding tert-OH is 1. The summed E-state index contributed by atoms with van der Waals surface area (Å²) in [6.45, 7) is 0.175. The van der Waals surface area contributed by atoms with Crippen molar-refractivity contribution in [2.24, 2.45) is 0 Å². The van der Waals surface area contributed by atoms with E-state index < -0.39 is 0 Å². The van der Waals surface area contributed by atoms with Crippen molar-refractivity contribution in [1.29, 1.82) is 0 Å². The van der Waals surface area contributed by atoms with Crippen LogP contribution in [0.15, 0.2) is 54.6 Å². The Labute approximate surface area is 113 Å². The third-order valence-corrected chi connectivity index (χ3v) is 2.60. The zero-order chi connectivity index (χ0) is 13.5. The van der Waals surface area contributed by atoms with Gasteiger partial charge in [-0.3, -0.25) is 0 Å². The molecule has 0 atom stereocenters. The van der Waals surface area contributed by atoms with Crippen LogP contribution in [0, 0.1) is 0 Å². The van der Waals surface area contributed by atoms with E-state index in [2.05, 4.69) is 0 Å². The van der Waals surface area contributed by atoms with E-state index in [1.165, 1.54) is 0 Å². The SMILES string of the molecule is Nc1ccc(Oc2ccc(C=CCCO)cc2)cc1. The molecular formula is C16H17NO2. The number of nitrogen functional groups attached to an aromatic ring is 1. The molecule has 0 spiro atoms. The quantitative estimate of drug-likeness (QED) is 0.804. The van der Waals surface area contributed by atoms with E-state index >= 15 is 0 Å². The molecule has 0 aromatic heterocycles. The number of rotatable bonds is 5. The molecule has 19 heavy (non-hydrogen) atoms. The first-order valence-corrected chi connectivity index (χ1v) is 6.19. The van der Waals surface area contributed by atoms with Gasteiger partial charge in [-0.2, -0.15) is 0 Å². The Morgan fingerprint density at radius 3 is 2.11 bits per heavy atom. The highest BCUT2D eigenvalue weighted by molar-refractivity contribution is 5.51. The van der Waals surface area contributed by atoms with Crippen molar-refractivity contribution in [2.45, 2.75) is 6.42 Å². The van der Waals surface area contributed by atoms with Gasteiger partial charge in [-0.05, 0) is 48.4 Å². The maximum absolute atomic E-state index is 8.69. The van der Waals surface area contributed by atoms with Crippen molar-refractivity contribution < 1.29 is 9.84 Å². The normalized spacial score (nSPS) is 10.8. The summed E-state index contributed by atoms with van der Waals surface area (Å²) in [5, 5.41) is 8.69. The average molecular weight is 255 g/mol. The van der Waals surface area contributed by atoms with E-state index in [-0.39, 0.29) is 6.61 Å². The van der Waals surface area contributed by atoms with Crippen molar-refractivity contribution in [3.63, 3.8) is 0 Å². The van der Waals surface area contributed by atoms with E-state index in [9.17, 15) is 0 Å². The Bertz CT molecular complexity index is 530. The lowest BCUT2D eigenvalue weighted by Crippen LogP contribution is -1.86. The molecule has 0 heterocycles. The molecule has 0 radical (unpaired) electrons. The van der Waals surface area contributed by atoms with Gasteiger partial charge >= 0.3 is 0 Å². The van der Waals surface area contributed by atoms with Crippen LogP contribution in [0.2, 0.25) is 0 Å². The van der Waals surface area contributed by atoms with Crippen LogP contribution in [0.3, 0.4) is 0 Å². The van der Waals surface area contributed by atoms with E-state index in [4.69, 9.17) is 15.6 Å². The molecule has 98 valence electrons. The second-order valence-electron chi connectivity index (χ2n) is 4.15. The van der Waals surface area contributed by atoms with Crippen LogP contribution in [-0.2, 0) is 0 Å². The molecule has 0 saturated carbocycles. The lowest BCUT2D eigenvalue weighted by molar-refractivity contribution is 0.303. The summed E-state index contributed by atoms with van der Waals surface area (Å²) in [6, 6.07) is 15.1. The molecule has 0 aliphatic heterocycles. The van der Waals surface area contributed by atoms with Crippen molar-refractivity contribution in [3.05, 3.63) is 60.2 Å². The lowest BCUT2D eigenvalue weighted by atomic mass is 10.2. The number of hydrogen-bond donors (Lipinski definition) is 2. The first-order chi connectivity index (χ1) is 9.28. The molecule has 2 aromatic carbocycles. The highest BCUT2D eigenvalue weighted by Gasteiger charge is 1.96. The van der Waals surface area contributed by atoms with Crippen LogP contribution in [-0.4, -0.2) is 11.7 Å². The zero-order valence-electron chi connectivity index (χ0n) is 10.6.